The van der Waals surface area contributed by atoms with Crippen LogP contribution in [0.15, 0.2) is 36.7 Å². The molecule has 3 aromatic rings. The lowest BCUT2D eigenvalue weighted by molar-refractivity contribution is 0.101. The summed E-state index contributed by atoms with van der Waals surface area (Å²) >= 11 is 13.4. The molecular formula is C17H13Cl2N3O2S. The van der Waals surface area contributed by atoms with Gasteiger partial charge >= 0.3 is 0 Å². The Balaban J connectivity index is 1.68. The van der Waals surface area contributed by atoms with Crippen molar-refractivity contribution in [3.05, 3.63) is 68.4 Å². The number of aromatic amines is 1. The average Bonchev–Trinajstić information content (AvgIpc) is 3.19. The van der Waals surface area contributed by atoms with Crippen LogP contribution < -0.4 is 5.32 Å². The highest BCUT2D eigenvalue weighted by atomic mass is 35.5. The largest absolute Gasteiger partial charge is 0.356 e. The van der Waals surface area contributed by atoms with Gasteiger partial charge in [-0.3, -0.25) is 14.9 Å². The molecule has 0 saturated carbocycles. The number of aromatic nitrogens is 2. The summed E-state index contributed by atoms with van der Waals surface area (Å²) in [4.78, 5) is 31.4. The molecule has 2 aromatic heterocycles. The van der Waals surface area contributed by atoms with Gasteiger partial charge in [0.15, 0.2) is 10.9 Å². The second kappa shape index (κ2) is 7.39. The molecule has 2 heterocycles. The van der Waals surface area contributed by atoms with Crippen molar-refractivity contribution in [2.24, 2.45) is 0 Å². The van der Waals surface area contributed by atoms with Crippen LogP contribution in [0.2, 0.25) is 10.0 Å². The number of carbonyl (C=O) groups excluding carboxylic acids is 2. The number of H-pyrrole nitrogens is 1. The van der Waals surface area contributed by atoms with Crippen LogP contribution in [0.5, 0.6) is 0 Å². The molecule has 1 amide bonds. The Morgan fingerprint density at radius 2 is 2.08 bits per heavy atom. The Morgan fingerprint density at radius 1 is 1.28 bits per heavy atom. The van der Waals surface area contributed by atoms with Gasteiger partial charge in [-0.2, -0.15) is 0 Å². The molecule has 0 aliphatic carbocycles. The van der Waals surface area contributed by atoms with E-state index in [1.165, 1.54) is 30.5 Å². The molecule has 0 bridgehead atoms. The maximum Gasteiger partial charge on any atom is 0.273 e. The molecule has 0 unspecified atom stereocenters. The zero-order valence-corrected chi connectivity index (χ0v) is 15.4. The van der Waals surface area contributed by atoms with Crippen LogP contribution in [0.25, 0.3) is 0 Å². The third-order valence-electron chi connectivity index (χ3n) is 3.49. The van der Waals surface area contributed by atoms with Crippen LogP contribution in [-0.4, -0.2) is 21.7 Å². The van der Waals surface area contributed by atoms with Gasteiger partial charge in [-0.05, 0) is 30.7 Å². The van der Waals surface area contributed by atoms with Gasteiger partial charge in [-0.1, -0.05) is 29.3 Å². The molecule has 0 atom stereocenters. The van der Waals surface area contributed by atoms with Crippen molar-refractivity contribution in [1.82, 2.24) is 9.97 Å². The standard InChI is InChI=1S/C17H13Cl2N3O2S/c1-9(23)11-5-15(20-7-11)16(24)22-17-21-8-13(25-17)4-10-2-3-12(18)6-14(10)19/h2-3,5-8,20H,4H2,1H3,(H,21,22,24). The smallest absolute Gasteiger partial charge is 0.273 e. The Morgan fingerprint density at radius 3 is 2.76 bits per heavy atom. The van der Waals surface area contributed by atoms with Gasteiger partial charge in [-0.25, -0.2) is 4.98 Å². The lowest BCUT2D eigenvalue weighted by Gasteiger charge is -2.02. The maximum atomic E-state index is 12.2. The Bertz CT molecular complexity index is 949. The number of Topliss-reactive ketones (excluding diaryl/α,β-unsaturated/α-hetero) is 1. The van der Waals surface area contributed by atoms with Crippen LogP contribution in [-0.2, 0) is 6.42 Å². The lowest BCUT2D eigenvalue weighted by Crippen LogP contribution is -2.11. The van der Waals surface area contributed by atoms with Crippen molar-refractivity contribution in [1.29, 1.82) is 0 Å². The predicted octanol–water partition coefficient (Wildman–Crippen LogP) is 4.82. The van der Waals surface area contributed by atoms with Crippen LogP contribution in [0.3, 0.4) is 0 Å². The number of ketones is 1. The van der Waals surface area contributed by atoms with Crippen LogP contribution in [0.1, 0.15) is 38.2 Å². The van der Waals surface area contributed by atoms with E-state index in [4.69, 9.17) is 23.2 Å². The molecule has 3 rings (SSSR count). The Hall–Kier alpha value is -2.15. The summed E-state index contributed by atoms with van der Waals surface area (Å²) in [6.45, 7) is 1.44. The Kier molecular flexibility index (Phi) is 5.22. The molecule has 0 aliphatic rings. The van der Waals surface area contributed by atoms with Gasteiger partial charge in [0.05, 0.1) is 0 Å². The molecule has 2 N–H and O–H groups in total. The van der Waals surface area contributed by atoms with Crippen molar-refractivity contribution in [2.75, 3.05) is 5.32 Å². The van der Waals surface area contributed by atoms with E-state index in [9.17, 15) is 9.59 Å². The van der Waals surface area contributed by atoms with E-state index in [1.807, 2.05) is 6.07 Å². The summed E-state index contributed by atoms with van der Waals surface area (Å²) < 4.78 is 0. The minimum absolute atomic E-state index is 0.105. The fourth-order valence-electron chi connectivity index (χ4n) is 2.19. The second-order valence-corrected chi connectivity index (χ2v) is 7.32. The molecule has 0 fully saturated rings. The van der Waals surface area contributed by atoms with E-state index in [0.29, 0.717) is 32.9 Å². The van der Waals surface area contributed by atoms with E-state index in [1.54, 1.807) is 18.3 Å². The number of nitrogens with one attached hydrogen (secondary N) is 2. The summed E-state index contributed by atoms with van der Waals surface area (Å²) in [5.41, 5.74) is 1.70. The zero-order valence-electron chi connectivity index (χ0n) is 13.1. The maximum absolute atomic E-state index is 12.2. The quantitative estimate of drug-likeness (QED) is 0.609. The topological polar surface area (TPSA) is 74.8 Å². The first-order valence-corrected chi connectivity index (χ1v) is 8.89. The van der Waals surface area contributed by atoms with Crippen molar-refractivity contribution in [2.45, 2.75) is 13.3 Å². The number of nitrogens with zero attached hydrogens (tertiary/aromatic N) is 1. The fraction of sp³-hybridized carbons (Fsp3) is 0.118. The van der Waals surface area contributed by atoms with Gasteiger partial charge in [0, 0.05) is 39.3 Å². The highest BCUT2D eigenvalue weighted by Crippen LogP contribution is 2.27. The highest BCUT2D eigenvalue weighted by Gasteiger charge is 2.13. The summed E-state index contributed by atoms with van der Waals surface area (Å²) in [5.74, 6) is -0.454. The number of anilines is 1. The number of carbonyl (C=O) groups is 2. The molecule has 0 radical (unpaired) electrons. The van der Waals surface area contributed by atoms with Crippen LogP contribution >= 0.6 is 34.5 Å². The molecule has 128 valence electrons. The number of rotatable bonds is 5. The Labute approximate surface area is 158 Å². The van der Waals surface area contributed by atoms with Crippen LogP contribution in [0.4, 0.5) is 5.13 Å². The molecular weight excluding hydrogens is 381 g/mol. The molecule has 8 heteroatoms. The third-order valence-corrected chi connectivity index (χ3v) is 4.99. The van der Waals surface area contributed by atoms with Crippen molar-refractivity contribution >= 4 is 51.4 Å². The third kappa shape index (κ3) is 4.28. The zero-order chi connectivity index (χ0) is 18.0. The van der Waals surface area contributed by atoms with E-state index >= 15 is 0 Å². The van der Waals surface area contributed by atoms with E-state index in [0.717, 1.165) is 10.4 Å². The van der Waals surface area contributed by atoms with Gasteiger partial charge in [0.25, 0.3) is 5.91 Å². The summed E-state index contributed by atoms with van der Waals surface area (Å²) in [6, 6.07) is 6.86. The predicted molar refractivity (Wildman–Crippen MR) is 100 cm³/mol. The molecule has 1 aromatic carbocycles. The number of amides is 1. The van der Waals surface area contributed by atoms with Crippen molar-refractivity contribution in [3.8, 4) is 0 Å². The van der Waals surface area contributed by atoms with Crippen LogP contribution in [0, 0.1) is 0 Å². The number of hydrogen-bond acceptors (Lipinski definition) is 4. The van der Waals surface area contributed by atoms with E-state index in [-0.39, 0.29) is 11.7 Å². The highest BCUT2D eigenvalue weighted by molar-refractivity contribution is 7.15. The molecule has 0 aliphatic heterocycles. The van der Waals surface area contributed by atoms with E-state index < -0.39 is 0 Å². The fourth-order valence-corrected chi connectivity index (χ4v) is 3.50. The van der Waals surface area contributed by atoms with Gasteiger partial charge in [0.1, 0.15) is 5.69 Å². The number of hydrogen-bond donors (Lipinski definition) is 2. The van der Waals surface area contributed by atoms with Crippen molar-refractivity contribution in [3.63, 3.8) is 0 Å². The lowest BCUT2D eigenvalue weighted by atomic mass is 10.1. The van der Waals surface area contributed by atoms with Gasteiger partial charge in [-0.15, -0.1) is 11.3 Å². The monoisotopic (exact) mass is 393 g/mol. The summed E-state index contributed by atoms with van der Waals surface area (Å²) in [7, 11) is 0. The molecule has 5 nitrogen and oxygen atoms in total. The minimum atomic E-state index is -0.349. The molecule has 0 saturated heterocycles. The first-order valence-electron chi connectivity index (χ1n) is 7.31. The van der Waals surface area contributed by atoms with Gasteiger partial charge < -0.3 is 4.98 Å². The number of halogens is 2. The summed E-state index contributed by atoms with van der Waals surface area (Å²) in [5, 5.41) is 4.37. The second-order valence-electron chi connectivity index (χ2n) is 5.36. The molecule has 0 spiro atoms. The van der Waals surface area contributed by atoms with Crippen molar-refractivity contribution < 1.29 is 9.59 Å². The molecule has 25 heavy (non-hydrogen) atoms. The first kappa shape index (κ1) is 17.7. The normalized spacial score (nSPS) is 10.7. The van der Waals surface area contributed by atoms with E-state index in [2.05, 4.69) is 15.3 Å². The summed E-state index contributed by atoms with van der Waals surface area (Å²) in [6.07, 6.45) is 3.80. The number of benzene rings is 1. The average molecular weight is 394 g/mol. The first-order chi connectivity index (χ1) is 11.9. The van der Waals surface area contributed by atoms with Gasteiger partial charge in [0.2, 0.25) is 0 Å². The number of thiazole rings is 1. The SMILES string of the molecule is CC(=O)c1c[nH]c(C(=O)Nc2ncc(Cc3ccc(Cl)cc3Cl)s2)c1. The minimum Gasteiger partial charge on any atom is -0.356 e.